The van der Waals surface area contributed by atoms with Crippen LogP contribution in [0.4, 0.5) is 0 Å². The molecule has 2 heterocycles. The number of H-pyrrole nitrogens is 1. The van der Waals surface area contributed by atoms with Crippen LogP contribution in [0, 0.1) is 0 Å². The van der Waals surface area contributed by atoms with Crippen LogP contribution in [0.1, 0.15) is 20.7 Å². The van der Waals surface area contributed by atoms with Gasteiger partial charge in [-0.05, 0) is 36.4 Å². The van der Waals surface area contributed by atoms with E-state index < -0.39 is 28.7 Å². The molecule has 11 heteroatoms. The van der Waals surface area contributed by atoms with Crippen molar-refractivity contribution in [3.8, 4) is 0 Å². The van der Waals surface area contributed by atoms with Gasteiger partial charge in [-0.2, -0.15) is 9.35 Å². The smallest absolute Gasteiger partial charge is 0.348 e. The number of carboxylic acid groups (broad SMARTS) is 2. The average Bonchev–Trinajstić information content (AvgIpc) is 2.68. The van der Waals surface area contributed by atoms with Gasteiger partial charge in [-0.15, -0.1) is 0 Å². The van der Waals surface area contributed by atoms with E-state index in [9.17, 15) is 24.0 Å². The number of carbonyl (C=O) groups is 2. The fourth-order valence-electron chi connectivity index (χ4n) is 2.92. The predicted octanol–water partition coefficient (Wildman–Crippen LogP) is 0.107. The molecule has 0 unspecified atom stereocenters. The highest BCUT2D eigenvalue weighted by molar-refractivity contribution is 5.93. The first-order chi connectivity index (χ1) is 13.8. The summed E-state index contributed by atoms with van der Waals surface area (Å²) in [5, 5.41) is 18.1. The third-order valence-corrected chi connectivity index (χ3v) is 4.33. The minimum atomic E-state index is -1.23. The molecule has 0 saturated heterocycles. The highest BCUT2D eigenvalue weighted by Gasteiger charge is 2.15. The topological polar surface area (TPSA) is 164 Å². The molecule has 2 aromatic heterocycles. The van der Waals surface area contributed by atoms with Gasteiger partial charge in [-0.3, -0.25) is 9.59 Å². The van der Waals surface area contributed by atoms with E-state index in [1.807, 2.05) is 0 Å². The number of aromatic carboxylic acids is 2. The molecule has 3 N–H and O–H groups in total. The highest BCUT2D eigenvalue weighted by atomic mass is 16.4. The average molecular weight is 394 g/mol. The van der Waals surface area contributed by atoms with Gasteiger partial charge in [0.05, 0.1) is 32.9 Å². The molecule has 0 fully saturated rings. The lowest BCUT2D eigenvalue weighted by Gasteiger charge is -2.10. The second kappa shape index (κ2) is 6.27. The quantitative estimate of drug-likeness (QED) is 0.440. The van der Waals surface area contributed by atoms with Gasteiger partial charge in [-0.25, -0.2) is 19.4 Å². The summed E-state index contributed by atoms with van der Waals surface area (Å²) in [6.45, 7) is 0. The van der Waals surface area contributed by atoms with Crippen molar-refractivity contribution in [3.05, 3.63) is 85.0 Å². The van der Waals surface area contributed by atoms with Gasteiger partial charge in [0.15, 0.2) is 0 Å². The SMILES string of the molecule is O=C(O)c1ccc2c(=O)n(-n3c(=O)[nH]c4cc(C(=O)O)ccc4c3=O)cnc2c1. The van der Waals surface area contributed by atoms with Gasteiger partial charge < -0.3 is 15.2 Å². The van der Waals surface area contributed by atoms with E-state index in [2.05, 4.69) is 9.97 Å². The zero-order chi connectivity index (χ0) is 20.9. The largest absolute Gasteiger partial charge is 0.478 e. The van der Waals surface area contributed by atoms with Crippen LogP contribution in [0.2, 0.25) is 0 Å². The summed E-state index contributed by atoms with van der Waals surface area (Å²) in [5.74, 6) is -2.42. The van der Waals surface area contributed by atoms with E-state index in [1.165, 1.54) is 30.3 Å². The fourth-order valence-corrected chi connectivity index (χ4v) is 2.92. The number of hydrogen-bond acceptors (Lipinski definition) is 6. The number of rotatable bonds is 3. The van der Waals surface area contributed by atoms with Gasteiger partial charge in [0, 0.05) is 0 Å². The standard InChI is InChI=1S/C18H10N4O7/c23-14-10-3-1-8(16(25)26)5-12(10)19-7-21(14)22-15(24)11-4-2-9(17(27)28)6-13(11)20-18(22)29/h1-7H,(H,20,29)(H,25,26)(H,27,28). The van der Waals surface area contributed by atoms with Gasteiger partial charge in [-0.1, -0.05) is 0 Å². The van der Waals surface area contributed by atoms with Gasteiger partial charge in [0.2, 0.25) is 0 Å². The van der Waals surface area contributed by atoms with E-state index in [1.54, 1.807) is 0 Å². The van der Waals surface area contributed by atoms with E-state index in [4.69, 9.17) is 10.2 Å². The molecule has 11 nitrogen and oxygen atoms in total. The molecule has 0 radical (unpaired) electrons. The van der Waals surface area contributed by atoms with Crippen molar-refractivity contribution < 1.29 is 19.8 Å². The Bertz CT molecular complexity index is 1530. The third kappa shape index (κ3) is 2.77. The second-order valence-electron chi connectivity index (χ2n) is 6.04. The van der Waals surface area contributed by atoms with Crippen molar-refractivity contribution in [1.82, 2.24) is 19.3 Å². The van der Waals surface area contributed by atoms with Crippen LogP contribution in [0.15, 0.2) is 57.1 Å². The minimum Gasteiger partial charge on any atom is -0.478 e. The van der Waals surface area contributed by atoms with Crippen LogP contribution in [0.5, 0.6) is 0 Å². The van der Waals surface area contributed by atoms with E-state index in [0.717, 1.165) is 12.4 Å². The van der Waals surface area contributed by atoms with Crippen molar-refractivity contribution in [2.75, 3.05) is 0 Å². The molecule has 144 valence electrons. The lowest BCUT2D eigenvalue weighted by molar-refractivity contribution is 0.0686. The Morgan fingerprint density at radius 3 is 2.14 bits per heavy atom. The van der Waals surface area contributed by atoms with Crippen molar-refractivity contribution in [2.45, 2.75) is 0 Å². The van der Waals surface area contributed by atoms with Crippen LogP contribution in [0.25, 0.3) is 21.8 Å². The van der Waals surface area contributed by atoms with Gasteiger partial charge in [0.25, 0.3) is 11.1 Å². The molecule has 4 rings (SSSR count). The third-order valence-electron chi connectivity index (χ3n) is 4.33. The number of carboxylic acids is 2. The molecule has 29 heavy (non-hydrogen) atoms. The summed E-state index contributed by atoms with van der Waals surface area (Å²) in [6.07, 6.45) is 0.935. The number of nitrogens with one attached hydrogen (secondary N) is 1. The maximum Gasteiger partial charge on any atom is 0.348 e. The van der Waals surface area contributed by atoms with Crippen molar-refractivity contribution >= 4 is 33.7 Å². The monoisotopic (exact) mass is 394 g/mol. The zero-order valence-corrected chi connectivity index (χ0v) is 14.3. The summed E-state index contributed by atoms with van der Waals surface area (Å²) < 4.78 is 1.23. The van der Waals surface area contributed by atoms with Crippen molar-refractivity contribution in [1.29, 1.82) is 0 Å². The molecule has 0 saturated carbocycles. The first-order valence-electron chi connectivity index (χ1n) is 8.05. The number of aromatic nitrogens is 4. The molecule has 0 aliphatic heterocycles. The van der Waals surface area contributed by atoms with Crippen LogP contribution in [0.3, 0.4) is 0 Å². The summed E-state index contributed by atoms with van der Waals surface area (Å²) in [5.41, 5.74) is -2.70. The van der Waals surface area contributed by atoms with Crippen molar-refractivity contribution in [3.63, 3.8) is 0 Å². The molecular formula is C18H10N4O7. The fraction of sp³-hybridized carbons (Fsp3) is 0. The molecule has 2 aromatic carbocycles. The molecule has 0 aliphatic carbocycles. The molecular weight excluding hydrogens is 384 g/mol. The summed E-state index contributed by atoms with van der Waals surface area (Å²) >= 11 is 0. The highest BCUT2D eigenvalue weighted by Crippen LogP contribution is 2.11. The summed E-state index contributed by atoms with van der Waals surface area (Å²) in [6, 6.07) is 7.21. The zero-order valence-electron chi connectivity index (χ0n) is 14.3. The van der Waals surface area contributed by atoms with E-state index in [0.29, 0.717) is 9.35 Å². The molecule has 0 spiro atoms. The predicted molar refractivity (Wildman–Crippen MR) is 99.5 cm³/mol. The first-order valence-corrected chi connectivity index (χ1v) is 8.05. The molecule has 0 amide bonds. The molecule has 0 atom stereocenters. The van der Waals surface area contributed by atoms with Gasteiger partial charge in [0.1, 0.15) is 6.33 Å². The summed E-state index contributed by atoms with van der Waals surface area (Å²) in [7, 11) is 0. The Labute approximate surface area is 158 Å². The number of aromatic amines is 1. The second-order valence-corrected chi connectivity index (χ2v) is 6.04. The first kappa shape index (κ1) is 17.9. The lowest BCUT2D eigenvalue weighted by atomic mass is 10.1. The number of hydrogen-bond donors (Lipinski definition) is 3. The number of benzene rings is 2. The molecule has 0 bridgehead atoms. The minimum absolute atomic E-state index is 0.00375. The molecule has 4 aromatic rings. The van der Waals surface area contributed by atoms with E-state index >= 15 is 0 Å². The van der Waals surface area contributed by atoms with Crippen LogP contribution in [-0.2, 0) is 0 Å². The number of nitrogens with zero attached hydrogens (tertiary/aromatic N) is 3. The van der Waals surface area contributed by atoms with E-state index in [-0.39, 0.29) is 32.9 Å². The normalized spacial score (nSPS) is 11.0. The van der Waals surface area contributed by atoms with Crippen LogP contribution >= 0.6 is 0 Å². The molecule has 0 aliphatic rings. The van der Waals surface area contributed by atoms with Crippen molar-refractivity contribution in [2.24, 2.45) is 0 Å². The van der Waals surface area contributed by atoms with Gasteiger partial charge >= 0.3 is 17.6 Å². The Morgan fingerprint density at radius 1 is 0.862 bits per heavy atom. The van der Waals surface area contributed by atoms with Crippen LogP contribution in [-0.4, -0.2) is 41.5 Å². The Hall–Kier alpha value is -4.54. The summed E-state index contributed by atoms with van der Waals surface area (Å²) in [4.78, 5) is 66.5. The Balaban J connectivity index is 2.00. The maximum atomic E-state index is 12.8. The lowest BCUT2D eigenvalue weighted by Crippen LogP contribution is -2.44. The maximum absolute atomic E-state index is 12.8. The number of fused-ring (bicyclic) bond motifs is 2. The van der Waals surface area contributed by atoms with Crippen LogP contribution < -0.4 is 16.8 Å². The Kier molecular flexibility index (Phi) is 3.86. The Morgan fingerprint density at radius 2 is 1.48 bits per heavy atom.